The van der Waals surface area contributed by atoms with E-state index in [9.17, 15) is 17.6 Å². The van der Waals surface area contributed by atoms with E-state index in [1.165, 1.54) is 30.6 Å². The summed E-state index contributed by atoms with van der Waals surface area (Å²) in [7, 11) is -3.85. The number of rotatable bonds is 7. The Hall–Kier alpha value is -1.88. The minimum absolute atomic E-state index is 0.00444. The summed E-state index contributed by atoms with van der Waals surface area (Å²) in [6.45, 7) is 1.66. The molecule has 1 saturated heterocycles. The second-order valence-electron chi connectivity index (χ2n) is 6.66. The molecule has 1 aromatic carbocycles. The second-order valence-corrected chi connectivity index (χ2v) is 9.34. The van der Waals surface area contributed by atoms with E-state index in [1.54, 1.807) is 17.0 Å². The zero-order chi connectivity index (χ0) is 20.9. The van der Waals surface area contributed by atoms with Crippen LogP contribution in [0.1, 0.15) is 5.56 Å². The van der Waals surface area contributed by atoms with Crippen LogP contribution in [-0.2, 0) is 26.0 Å². The molecule has 2 heterocycles. The van der Waals surface area contributed by atoms with E-state index in [4.69, 9.17) is 4.74 Å². The highest BCUT2D eigenvalue weighted by Crippen LogP contribution is 2.17. The van der Waals surface area contributed by atoms with Gasteiger partial charge < -0.3 is 9.64 Å². The Morgan fingerprint density at radius 1 is 1.28 bits per heavy atom. The van der Waals surface area contributed by atoms with Gasteiger partial charge in [0.25, 0.3) is 0 Å². The number of aromatic nitrogens is 1. The lowest BCUT2D eigenvalue weighted by Gasteiger charge is -2.30. The Kier molecular flexibility index (Phi) is 7.33. The van der Waals surface area contributed by atoms with Crippen molar-refractivity contribution in [2.75, 3.05) is 32.8 Å². The molecule has 0 radical (unpaired) electrons. The van der Waals surface area contributed by atoms with Crippen molar-refractivity contribution in [2.45, 2.75) is 11.3 Å². The lowest BCUT2D eigenvalue weighted by atomic mass is 9.97. The number of morpholine rings is 1. The number of benzene rings is 1. The molecular weight excluding hydrogens is 465 g/mol. The molecule has 1 aromatic heterocycles. The lowest BCUT2D eigenvalue weighted by molar-refractivity contribution is -0.139. The van der Waals surface area contributed by atoms with Crippen LogP contribution in [0.4, 0.5) is 4.39 Å². The first-order valence-electron chi connectivity index (χ1n) is 9.06. The number of hydrogen-bond donors (Lipinski definition) is 1. The molecule has 10 heteroatoms. The average Bonchev–Trinajstić information content (AvgIpc) is 2.71. The number of amides is 1. The summed E-state index contributed by atoms with van der Waals surface area (Å²) in [6, 6.07) is 7.39. The van der Waals surface area contributed by atoms with Gasteiger partial charge in [-0.1, -0.05) is 12.1 Å². The number of ether oxygens (including phenoxy) is 1. The molecule has 1 fully saturated rings. The number of halogens is 2. The van der Waals surface area contributed by atoms with Crippen LogP contribution in [0.2, 0.25) is 0 Å². The fourth-order valence-corrected chi connectivity index (χ4v) is 4.66. The van der Waals surface area contributed by atoms with Crippen molar-refractivity contribution in [3.63, 3.8) is 0 Å². The first-order valence-corrected chi connectivity index (χ1v) is 11.3. The van der Waals surface area contributed by atoms with Gasteiger partial charge in [-0.05, 0) is 46.1 Å². The molecule has 1 amide bonds. The Morgan fingerprint density at radius 3 is 2.72 bits per heavy atom. The third-order valence-electron chi connectivity index (χ3n) is 4.55. The molecule has 0 aliphatic carbocycles. The summed E-state index contributed by atoms with van der Waals surface area (Å²) in [6.07, 6.45) is 2.93. The van der Waals surface area contributed by atoms with Gasteiger partial charge in [-0.2, -0.15) is 0 Å². The molecule has 1 N–H and O–H groups in total. The third kappa shape index (κ3) is 6.05. The van der Waals surface area contributed by atoms with Crippen LogP contribution < -0.4 is 4.72 Å². The predicted octanol–water partition coefficient (Wildman–Crippen LogP) is 1.98. The zero-order valence-corrected chi connectivity index (χ0v) is 18.0. The van der Waals surface area contributed by atoms with Gasteiger partial charge in [0.15, 0.2) is 0 Å². The van der Waals surface area contributed by atoms with E-state index in [0.717, 1.165) is 0 Å². The second kappa shape index (κ2) is 9.75. The largest absolute Gasteiger partial charge is 0.378 e. The molecule has 0 spiro atoms. The van der Waals surface area contributed by atoms with E-state index in [-0.39, 0.29) is 23.8 Å². The molecular formula is C19H21BrFN3O4S. The van der Waals surface area contributed by atoms with Gasteiger partial charge in [0.2, 0.25) is 15.9 Å². The third-order valence-corrected chi connectivity index (χ3v) is 6.38. The highest BCUT2D eigenvalue weighted by molar-refractivity contribution is 9.10. The topological polar surface area (TPSA) is 88.6 Å². The van der Waals surface area contributed by atoms with Crippen molar-refractivity contribution in [2.24, 2.45) is 5.92 Å². The molecule has 1 unspecified atom stereocenters. The maximum absolute atomic E-state index is 13.6. The quantitative estimate of drug-likeness (QED) is 0.647. The molecule has 0 bridgehead atoms. The summed E-state index contributed by atoms with van der Waals surface area (Å²) < 4.78 is 47.1. The highest BCUT2D eigenvalue weighted by Gasteiger charge is 2.28. The standard InChI is InChI=1S/C19H21BrFN3O4S/c20-16-10-18(13-22-12-16)29(26,27)23-11-15(8-14-2-1-3-17(21)9-14)19(25)24-4-6-28-7-5-24/h1-3,9-10,12-13,15,23H,4-8,11H2. The van der Waals surface area contributed by atoms with Crippen LogP contribution in [0.25, 0.3) is 0 Å². The Morgan fingerprint density at radius 2 is 2.03 bits per heavy atom. The lowest BCUT2D eigenvalue weighted by Crippen LogP contribution is -2.47. The summed E-state index contributed by atoms with van der Waals surface area (Å²) >= 11 is 3.20. The number of sulfonamides is 1. The zero-order valence-electron chi connectivity index (χ0n) is 15.6. The van der Waals surface area contributed by atoms with Crippen LogP contribution in [0.5, 0.6) is 0 Å². The number of carbonyl (C=O) groups is 1. The van der Waals surface area contributed by atoms with Crippen molar-refractivity contribution in [1.82, 2.24) is 14.6 Å². The number of nitrogens with one attached hydrogen (secondary N) is 1. The van der Waals surface area contributed by atoms with Gasteiger partial charge in [-0.3, -0.25) is 9.78 Å². The summed E-state index contributed by atoms with van der Waals surface area (Å²) in [5.74, 6) is -1.27. The molecule has 1 atom stereocenters. The first kappa shape index (κ1) is 21.8. The van der Waals surface area contributed by atoms with Crippen molar-refractivity contribution in [1.29, 1.82) is 0 Å². The Balaban J connectivity index is 1.77. The molecule has 1 aliphatic heterocycles. The average molecular weight is 486 g/mol. The van der Waals surface area contributed by atoms with E-state index < -0.39 is 21.8 Å². The first-order chi connectivity index (χ1) is 13.8. The molecule has 7 nitrogen and oxygen atoms in total. The molecule has 0 saturated carbocycles. The molecule has 29 heavy (non-hydrogen) atoms. The number of hydrogen-bond acceptors (Lipinski definition) is 5. The minimum Gasteiger partial charge on any atom is -0.378 e. The van der Waals surface area contributed by atoms with E-state index >= 15 is 0 Å². The maximum atomic E-state index is 13.6. The van der Waals surface area contributed by atoms with Gasteiger partial charge in [-0.25, -0.2) is 17.5 Å². The van der Waals surface area contributed by atoms with Crippen molar-refractivity contribution < 1.29 is 22.3 Å². The Bertz CT molecular complexity index is 967. The van der Waals surface area contributed by atoms with Crippen LogP contribution in [0.3, 0.4) is 0 Å². The summed E-state index contributed by atoms with van der Waals surface area (Å²) in [5, 5.41) is 0. The van der Waals surface area contributed by atoms with E-state index in [1.807, 2.05) is 0 Å². The number of pyridine rings is 1. The normalized spacial score (nSPS) is 15.9. The van der Waals surface area contributed by atoms with Gasteiger partial charge in [0.1, 0.15) is 10.7 Å². The highest BCUT2D eigenvalue weighted by atomic mass is 79.9. The molecule has 1 aliphatic rings. The number of nitrogens with zero attached hydrogens (tertiary/aromatic N) is 2. The van der Waals surface area contributed by atoms with Crippen molar-refractivity contribution >= 4 is 31.9 Å². The van der Waals surface area contributed by atoms with Gasteiger partial charge in [-0.15, -0.1) is 0 Å². The SMILES string of the molecule is O=C(C(CNS(=O)(=O)c1cncc(Br)c1)Cc1cccc(F)c1)N1CCOCC1. The molecule has 2 aromatic rings. The van der Waals surface area contributed by atoms with Crippen LogP contribution in [0, 0.1) is 11.7 Å². The summed E-state index contributed by atoms with van der Waals surface area (Å²) in [4.78, 5) is 18.5. The smallest absolute Gasteiger partial charge is 0.242 e. The maximum Gasteiger partial charge on any atom is 0.242 e. The Labute approximate surface area is 177 Å². The molecule has 3 rings (SSSR count). The minimum atomic E-state index is -3.85. The van der Waals surface area contributed by atoms with Crippen LogP contribution >= 0.6 is 15.9 Å². The van der Waals surface area contributed by atoms with Gasteiger partial charge in [0, 0.05) is 36.5 Å². The van der Waals surface area contributed by atoms with Crippen LogP contribution in [-0.4, -0.2) is 57.1 Å². The van der Waals surface area contributed by atoms with Gasteiger partial charge in [0.05, 0.1) is 19.1 Å². The predicted molar refractivity (Wildman–Crippen MR) is 108 cm³/mol. The monoisotopic (exact) mass is 485 g/mol. The van der Waals surface area contributed by atoms with Crippen LogP contribution in [0.15, 0.2) is 52.1 Å². The van der Waals surface area contributed by atoms with Crippen molar-refractivity contribution in [3.05, 3.63) is 58.6 Å². The summed E-state index contributed by atoms with van der Waals surface area (Å²) in [5.41, 5.74) is 0.625. The van der Waals surface area contributed by atoms with Crippen molar-refractivity contribution in [3.8, 4) is 0 Å². The van der Waals surface area contributed by atoms with E-state index in [0.29, 0.717) is 36.3 Å². The molecule has 156 valence electrons. The van der Waals surface area contributed by atoms with E-state index in [2.05, 4.69) is 25.6 Å². The number of carbonyl (C=O) groups excluding carboxylic acids is 1. The van der Waals surface area contributed by atoms with Gasteiger partial charge >= 0.3 is 0 Å². The fourth-order valence-electron chi connectivity index (χ4n) is 3.07. The fraction of sp³-hybridized carbons (Fsp3) is 0.368.